The lowest BCUT2D eigenvalue weighted by atomic mass is 9.82. The summed E-state index contributed by atoms with van der Waals surface area (Å²) in [4.78, 5) is 7.33. The minimum absolute atomic E-state index is 0.159. The Kier molecular flexibility index (Phi) is 2.91. The van der Waals surface area contributed by atoms with Gasteiger partial charge in [-0.3, -0.25) is 9.88 Å². The molecule has 2 aliphatic heterocycles. The second kappa shape index (κ2) is 4.20. The first-order valence-corrected chi connectivity index (χ1v) is 7.69. The monoisotopic (exact) mass is 273 g/mol. The average Bonchev–Trinajstić information content (AvgIpc) is 2.81. The number of pyridine rings is 1. The zero-order chi connectivity index (χ0) is 14.7. The molecule has 0 saturated carbocycles. The second-order valence-corrected chi connectivity index (χ2v) is 8.33. The van der Waals surface area contributed by atoms with E-state index in [1.807, 2.05) is 12.3 Å². The zero-order valence-electron chi connectivity index (χ0n) is 13.6. The molecule has 0 bridgehead atoms. The molecule has 3 heteroatoms. The molecule has 1 aromatic heterocycles. The third-order valence-corrected chi connectivity index (χ3v) is 4.76. The number of hydrogen-bond acceptors (Lipinski definition) is 3. The molecule has 110 valence electrons. The smallest absolute Gasteiger partial charge is 0.0887 e. The van der Waals surface area contributed by atoms with Crippen molar-refractivity contribution < 1.29 is 0 Å². The van der Waals surface area contributed by atoms with E-state index in [0.29, 0.717) is 18.1 Å². The fraction of sp³-hybridized carbons (Fsp3) is 0.706. The summed E-state index contributed by atoms with van der Waals surface area (Å²) in [5, 5.41) is 3.72. The van der Waals surface area contributed by atoms with Crippen molar-refractivity contribution in [1.29, 1.82) is 0 Å². The van der Waals surface area contributed by atoms with Gasteiger partial charge in [-0.1, -0.05) is 20.8 Å². The standard InChI is InChI=1S/C17H27N3/c1-16(2,3)13-10-11-14-12(8-7-9-18-14)19-15(11)20(13)17(4,5)6/h7-9,11,13,15,19H,10H2,1-6H3. The average molecular weight is 273 g/mol. The fourth-order valence-corrected chi connectivity index (χ4v) is 3.95. The van der Waals surface area contributed by atoms with Crippen molar-refractivity contribution in [2.45, 2.75) is 71.6 Å². The van der Waals surface area contributed by atoms with Gasteiger partial charge in [-0.2, -0.15) is 0 Å². The number of hydrogen-bond donors (Lipinski definition) is 1. The molecule has 3 rings (SSSR count). The van der Waals surface area contributed by atoms with Crippen LogP contribution < -0.4 is 5.32 Å². The lowest BCUT2D eigenvalue weighted by Crippen LogP contribution is -2.55. The first-order valence-electron chi connectivity index (χ1n) is 7.69. The summed E-state index contributed by atoms with van der Waals surface area (Å²) in [5.74, 6) is 0.523. The third-order valence-electron chi connectivity index (χ3n) is 4.76. The van der Waals surface area contributed by atoms with Crippen LogP contribution in [0.25, 0.3) is 0 Å². The molecule has 1 N–H and O–H groups in total. The molecule has 1 aromatic rings. The van der Waals surface area contributed by atoms with Crippen molar-refractivity contribution in [2.24, 2.45) is 5.41 Å². The molecule has 2 aliphatic rings. The maximum Gasteiger partial charge on any atom is 0.0887 e. The molecule has 1 fully saturated rings. The summed E-state index contributed by atoms with van der Waals surface area (Å²) < 4.78 is 0. The van der Waals surface area contributed by atoms with Crippen LogP contribution in [0.15, 0.2) is 18.3 Å². The molecular formula is C17H27N3. The molecule has 0 spiro atoms. The number of rotatable bonds is 0. The fourth-order valence-electron chi connectivity index (χ4n) is 3.95. The molecule has 3 heterocycles. The van der Waals surface area contributed by atoms with Crippen LogP contribution in [0.2, 0.25) is 0 Å². The van der Waals surface area contributed by atoms with Crippen LogP contribution in [0.1, 0.15) is 59.6 Å². The van der Waals surface area contributed by atoms with E-state index in [-0.39, 0.29) is 11.0 Å². The highest BCUT2D eigenvalue weighted by Gasteiger charge is 2.53. The van der Waals surface area contributed by atoms with Gasteiger partial charge in [-0.25, -0.2) is 0 Å². The summed E-state index contributed by atoms with van der Waals surface area (Å²) in [6.07, 6.45) is 3.51. The molecule has 0 radical (unpaired) electrons. The first-order chi connectivity index (χ1) is 9.19. The van der Waals surface area contributed by atoms with E-state index in [1.165, 1.54) is 17.8 Å². The van der Waals surface area contributed by atoms with Gasteiger partial charge in [0, 0.05) is 23.7 Å². The summed E-state index contributed by atoms with van der Waals surface area (Å²) in [6, 6.07) is 4.77. The molecule has 1 saturated heterocycles. The number of nitrogens with one attached hydrogen (secondary N) is 1. The highest BCUT2D eigenvalue weighted by atomic mass is 15.4. The SMILES string of the molecule is CC(C)(C)C1CC2c3ncccc3NC2N1C(C)(C)C. The molecular weight excluding hydrogens is 246 g/mol. The Balaban J connectivity index is 2.01. The largest absolute Gasteiger partial charge is 0.367 e. The van der Waals surface area contributed by atoms with Gasteiger partial charge in [0.1, 0.15) is 0 Å². The molecule has 0 aliphatic carbocycles. The van der Waals surface area contributed by atoms with E-state index in [4.69, 9.17) is 0 Å². The minimum atomic E-state index is 0.159. The van der Waals surface area contributed by atoms with Crippen molar-refractivity contribution in [3.63, 3.8) is 0 Å². The molecule has 20 heavy (non-hydrogen) atoms. The Bertz CT molecular complexity index is 510. The Morgan fingerprint density at radius 3 is 2.50 bits per heavy atom. The van der Waals surface area contributed by atoms with Gasteiger partial charge in [0.05, 0.1) is 17.5 Å². The lowest BCUT2D eigenvalue weighted by molar-refractivity contribution is 0.0334. The summed E-state index contributed by atoms with van der Waals surface area (Å²) >= 11 is 0. The summed E-state index contributed by atoms with van der Waals surface area (Å²) in [7, 11) is 0. The van der Waals surface area contributed by atoms with E-state index in [0.717, 1.165) is 0 Å². The summed E-state index contributed by atoms with van der Waals surface area (Å²) in [5.41, 5.74) is 2.93. The predicted molar refractivity (Wildman–Crippen MR) is 83.8 cm³/mol. The third kappa shape index (κ3) is 2.03. The highest BCUT2D eigenvalue weighted by molar-refractivity contribution is 5.56. The van der Waals surface area contributed by atoms with Crippen molar-refractivity contribution in [1.82, 2.24) is 9.88 Å². The van der Waals surface area contributed by atoms with Crippen molar-refractivity contribution in [3.8, 4) is 0 Å². The molecule has 3 unspecified atom stereocenters. The first kappa shape index (κ1) is 13.9. The molecule has 0 amide bonds. The quantitative estimate of drug-likeness (QED) is 0.778. The zero-order valence-corrected chi connectivity index (χ0v) is 13.6. The molecule has 3 atom stereocenters. The topological polar surface area (TPSA) is 28.2 Å². The Labute approximate surface area is 122 Å². The number of likely N-dealkylation sites (tertiary alicyclic amines) is 1. The normalized spacial score (nSPS) is 30.0. The van der Waals surface area contributed by atoms with Gasteiger partial charge in [0.25, 0.3) is 0 Å². The number of fused-ring (bicyclic) bond motifs is 3. The van der Waals surface area contributed by atoms with Crippen LogP contribution in [0.4, 0.5) is 5.69 Å². The van der Waals surface area contributed by atoms with Gasteiger partial charge < -0.3 is 5.32 Å². The summed E-state index contributed by atoms with van der Waals surface area (Å²) in [6.45, 7) is 14.1. The van der Waals surface area contributed by atoms with Crippen LogP contribution in [0, 0.1) is 5.41 Å². The van der Waals surface area contributed by atoms with Gasteiger partial charge in [-0.05, 0) is 44.7 Å². The number of anilines is 1. The van der Waals surface area contributed by atoms with Gasteiger partial charge in [-0.15, -0.1) is 0 Å². The molecule has 0 aromatic carbocycles. The predicted octanol–water partition coefficient (Wildman–Crippen LogP) is 3.84. The van der Waals surface area contributed by atoms with Crippen LogP contribution in [0.5, 0.6) is 0 Å². The van der Waals surface area contributed by atoms with E-state index in [2.05, 4.69) is 62.8 Å². The van der Waals surface area contributed by atoms with E-state index >= 15 is 0 Å². The van der Waals surface area contributed by atoms with E-state index in [9.17, 15) is 0 Å². The Morgan fingerprint density at radius 1 is 1.20 bits per heavy atom. The van der Waals surface area contributed by atoms with Crippen LogP contribution in [-0.2, 0) is 0 Å². The van der Waals surface area contributed by atoms with Crippen LogP contribution in [-0.4, -0.2) is 27.6 Å². The Morgan fingerprint density at radius 2 is 1.90 bits per heavy atom. The molecule has 3 nitrogen and oxygen atoms in total. The van der Waals surface area contributed by atoms with Crippen molar-refractivity contribution >= 4 is 5.69 Å². The van der Waals surface area contributed by atoms with Crippen LogP contribution in [0.3, 0.4) is 0 Å². The van der Waals surface area contributed by atoms with Gasteiger partial charge >= 0.3 is 0 Å². The van der Waals surface area contributed by atoms with E-state index < -0.39 is 0 Å². The van der Waals surface area contributed by atoms with Gasteiger partial charge in [0.15, 0.2) is 0 Å². The number of nitrogens with zero attached hydrogens (tertiary/aromatic N) is 2. The van der Waals surface area contributed by atoms with Crippen molar-refractivity contribution in [2.75, 3.05) is 5.32 Å². The second-order valence-electron chi connectivity index (χ2n) is 8.33. The minimum Gasteiger partial charge on any atom is -0.367 e. The maximum atomic E-state index is 4.65. The maximum absolute atomic E-state index is 4.65. The Hall–Kier alpha value is -1.09. The highest BCUT2D eigenvalue weighted by Crippen LogP contribution is 2.51. The van der Waals surface area contributed by atoms with E-state index in [1.54, 1.807) is 0 Å². The van der Waals surface area contributed by atoms with Crippen molar-refractivity contribution in [3.05, 3.63) is 24.0 Å². The lowest BCUT2D eigenvalue weighted by Gasteiger charge is -2.45. The van der Waals surface area contributed by atoms with Crippen LogP contribution >= 0.6 is 0 Å². The number of aromatic nitrogens is 1. The van der Waals surface area contributed by atoms with Gasteiger partial charge in [0.2, 0.25) is 0 Å².